The average Bonchev–Trinajstić information content (AvgIpc) is 3.39. The first-order valence-corrected chi connectivity index (χ1v) is 16.9. The van der Waals surface area contributed by atoms with Crippen molar-refractivity contribution in [3.63, 3.8) is 0 Å². The zero-order valence-corrected chi connectivity index (χ0v) is 28.4. The smallest absolute Gasteiger partial charge is 0.338 e. The van der Waals surface area contributed by atoms with E-state index in [-0.39, 0.29) is 12.2 Å². The minimum absolute atomic E-state index is 0.192. The lowest BCUT2D eigenvalue weighted by Gasteiger charge is -2.26. The lowest BCUT2D eigenvalue weighted by atomic mass is 9.91. The summed E-state index contributed by atoms with van der Waals surface area (Å²) in [6.45, 7) is 6.52. The predicted octanol–water partition coefficient (Wildman–Crippen LogP) is 7.94. The minimum Gasteiger partial charge on any atom is -0.489 e. The molecule has 4 aromatic carbocycles. The molecule has 0 bridgehead atoms. The Kier molecular flexibility index (Phi) is 9.78. The van der Waals surface area contributed by atoms with E-state index in [0.29, 0.717) is 48.9 Å². The fraction of sp³-hybridized carbons (Fsp3) is 0.184. The van der Waals surface area contributed by atoms with Crippen LogP contribution in [0, 0.1) is 0 Å². The largest absolute Gasteiger partial charge is 0.489 e. The van der Waals surface area contributed by atoms with E-state index in [9.17, 15) is 9.59 Å². The third-order valence-electron chi connectivity index (χ3n) is 7.84. The van der Waals surface area contributed by atoms with Gasteiger partial charge in [-0.3, -0.25) is 9.36 Å². The van der Waals surface area contributed by atoms with Gasteiger partial charge in [0.05, 0.1) is 38.5 Å². The van der Waals surface area contributed by atoms with E-state index in [1.54, 1.807) is 23.6 Å². The lowest BCUT2D eigenvalue weighted by Crippen LogP contribution is -2.40. The number of rotatable bonds is 9. The van der Waals surface area contributed by atoms with Gasteiger partial charge in [-0.25, -0.2) is 9.79 Å². The first kappa shape index (κ1) is 32.5. The van der Waals surface area contributed by atoms with Gasteiger partial charge in [-0.2, -0.15) is 0 Å². The van der Waals surface area contributed by atoms with Crippen molar-refractivity contribution in [3.8, 4) is 5.75 Å². The van der Waals surface area contributed by atoms with Gasteiger partial charge in [0.15, 0.2) is 4.80 Å². The molecule has 0 aliphatic carbocycles. The Hall–Kier alpha value is -4.43. The van der Waals surface area contributed by atoms with Gasteiger partial charge in [-0.1, -0.05) is 121 Å². The molecule has 0 radical (unpaired) electrons. The van der Waals surface area contributed by atoms with Gasteiger partial charge >= 0.3 is 5.97 Å². The number of thiazole rings is 1. The first-order valence-electron chi connectivity index (χ1n) is 15.3. The molecule has 5 aromatic rings. The highest BCUT2D eigenvalue weighted by molar-refractivity contribution is 7.07. The average molecular weight is 684 g/mol. The molecule has 0 amide bonds. The van der Waals surface area contributed by atoms with Crippen LogP contribution in [0.15, 0.2) is 112 Å². The summed E-state index contributed by atoms with van der Waals surface area (Å²) in [4.78, 5) is 33.4. The number of fused-ring (bicyclic) bond motifs is 1. The second-order valence-corrected chi connectivity index (χ2v) is 13.2. The van der Waals surface area contributed by atoms with Crippen molar-refractivity contribution in [1.29, 1.82) is 0 Å². The van der Waals surface area contributed by atoms with Crippen LogP contribution < -0.4 is 19.6 Å². The third-order valence-corrected chi connectivity index (χ3v) is 9.56. The van der Waals surface area contributed by atoms with Crippen molar-refractivity contribution in [2.75, 3.05) is 6.61 Å². The number of esters is 1. The van der Waals surface area contributed by atoms with E-state index in [2.05, 4.69) is 13.8 Å². The maximum Gasteiger partial charge on any atom is 0.338 e. The molecule has 6 rings (SSSR count). The van der Waals surface area contributed by atoms with Crippen LogP contribution in [0.5, 0.6) is 5.75 Å². The van der Waals surface area contributed by atoms with Crippen molar-refractivity contribution in [2.24, 2.45) is 4.99 Å². The maximum absolute atomic E-state index is 14.3. The highest BCUT2D eigenvalue weighted by Gasteiger charge is 2.35. The van der Waals surface area contributed by atoms with Crippen LogP contribution in [0.3, 0.4) is 0 Å². The van der Waals surface area contributed by atoms with Gasteiger partial charge in [0, 0.05) is 5.56 Å². The summed E-state index contributed by atoms with van der Waals surface area (Å²) >= 11 is 13.5. The quantitative estimate of drug-likeness (QED) is 0.148. The Bertz CT molecular complexity index is 2150. The summed E-state index contributed by atoms with van der Waals surface area (Å²) in [5.74, 6) is 0.459. The van der Waals surface area contributed by atoms with Crippen molar-refractivity contribution >= 4 is 52.3 Å². The van der Waals surface area contributed by atoms with Crippen LogP contribution >= 0.6 is 34.5 Å². The number of hydrogen-bond acceptors (Lipinski definition) is 6. The lowest BCUT2D eigenvalue weighted by molar-refractivity contribution is -0.138. The molecule has 0 spiro atoms. The molecule has 0 saturated carbocycles. The van der Waals surface area contributed by atoms with Crippen molar-refractivity contribution in [3.05, 3.63) is 160 Å². The van der Waals surface area contributed by atoms with Crippen molar-refractivity contribution in [1.82, 2.24) is 4.57 Å². The van der Waals surface area contributed by atoms with E-state index in [1.807, 2.05) is 91.0 Å². The molecule has 1 aromatic heterocycles. The van der Waals surface area contributed by atoms with Gasteiger partial charge in [0.25, 0.3) is 5.56 Å². The van der Waals surface area contributed by atoms with Gasteiger partial charge in [-0.05, 0) is 65.4 Å². The van der Waals surface area contributed by atoms with Crippen LogP contribution in [0.25, 0.3) is 11.8 Å². The van der Waals surface area contributed by atoms with E-state index in [0.717, 1.165) is 27.8 Å². The Morgan fingerprint density at radius 2 is 1.72 bits per heavy atom. The Labute approximate surface area is 286 Å². The fourth-order valence-corrected chi connectivity index (χ4v) is 6.78. The second-order valence-electron chi connectivity index (χ2n) is 11.4. The van der Waals surface area contributed by atoms with Crippen LogP contribution in [-0.4, -0.2) is 17.1 Å². The zero-order chi connectivity index (χ0) is 33.1. The van der Waals surface area contributed by atoms with Crippen molar-refractivity contribution in [2.45, 2.75) is 39.3 Å². The summed E-state index contributed by atoms with van der Waals surface area (Å²) in [5.41, 5.74) is 4.96. The number of hydrogen-bond donors (Lipinski definition) is 0. The molecule has 1 atom stereocenters. The highest BCUT2D eigenvalue weighted by atomic mass is 35.5. The van der Waals surface area contributed by atoms with Gasteiger partial charge in [-0.15, -0.1) is 0 Å². The summed E-state index contributed by atoms with van der Waals surface area (Å²) in [7, 11) is 0. The number of carbonyl (C=O) groups excluding carboxylic acids is 1. The number of benzene rings is 4. The van der Waals surface area contributed by atoms with Crippen LogP contribution in [0.4, 0.5) is 0 Å². The standard InChI is InChI=1S/C38H32Cl2N2O4S/c1-4-45-37(44)33-34(27-10-6-5-7-11-27)41-38-42(35(33)28-16-14-26(15-17-28)23(2)3)36(43)32(47-38)21-24-9-8-12-29(19-24)46-22-25-13-18-30(39)31(40)20-25/h5-21,23,35H,4,22H2,1-3H3/b32-21+/t35-/m0/s1. The number of ether oxygens (including phenoxy) is 2. The molecule has 0 saturated heterocycles. The molecule has 238 valence electrons. The zero-order valence-electron chi connectivity index (χ0n) is 26.1. The molecule has 0 unspecified atom stereocenters. The monoisotopic (exact) mass is 682 g/mol. The van der Waals surface area contributed by atoms with Crippen LogP contribution in [0.2, 0.25) is 10.0 Å². The second kappa shape index (κ2) is 14.1. The SMILES string of the molecule is CCOC(=O)C1=C(c2ccccc2)N=c2s/c(=C/c3cccc(OCc4ccc(Cl)c(Cl)c4)c3)c(=O)n2[C@H]1c1ccc(C(C)C)cc1. The van der Waals surface area contributed by atoms with E-state index >= 15 is 0 Å². The highest BCUT2D eigenvalue weighted by Crippen LogP contribution is 2.35. The number of halogens is 2. The normalized spacial score (nSPS) is 14.6. The van der Waals surface area contributed by atoms with Gasteiger partial charge in [0.1, 0.15) is 12.4 Å². The third kappa shape index (κ3) is 6.98. The Morgan fingerprint density at radius 1 is 0.957 bits per heavy atom. The maximum atomic E-state index is 14.3. The predicted molar refractivity (Wildman–Crippen MR) is 189 cm³/mol. The molecule has 0 N–H and O–H groups in total. The molecule has 9 heteroatoms. The molecular weight excluding hydrogens is 651 g/mol. The number of aromatic nitrogens is 1. The van der Waals surface area contributed by atoms with Gasteiger partial charge in [0.2, 0.25) is 0 Å². The van der Waals surface area contributed by atoms with E-state index < -0.39 is 12.0 Å². The van der Waals surface area contributed by atoms with Crippen molar-refractivity contribution < 1.29 is 14.3 Å². The number of nitrogens with zero attached hydrogens (tertiary/aromatic N) is 2. The molecule has 1 aliphatic rings. The topological polar surface area (TPSA) is 69.9 Å². The fourth-order valence-electron chi connectivity index (χ4n) is 5.46. The van der Waals surface area contributed by atoms with Crippen LogP contribution in [-0.2, 0) is 16.1 Å². The molecule has 6 nitrogen and oxygen atoms in total. The molecule has 1 aliphatic heterocycles. The summed E-state index contributed by atoms with van der Waals surface area (Å²) in [6, 6.07) is 29.8. The molecule has 47 heavy (non-hydrogen) atoms. The Balaban J connectivity index is 1.46. The van der Waals surface area contributed by atoms with Crippen LogP contribution in [0.1, 0.15) is 60.5 Å². The van der Waals surface area contributed by atoms with Gasteiger partial charge < -0.3 is 9.47 Å². The summed E-state index contributed by atoms with van der Waals surface area (Å²) in [5, 5.41) is 0.951. The Morgan fingerprint density at radius 3 is 2.43 bits per heavy atom. The summed E-state index contributed by atoms with van der Waals surface area (Å²) < 4.78 is 13.7. The number of carbonyl (C=O) groups is 1. The minimum atomic E-state index is -0.732. The van der Waals surface area contributed by atoms with E-state index in [4.69, 9.17) is 37.7 Å². The molecule has 0 fully saturated rings. The molecular formula is C38H32Cl2N2O4S. The molecule has 2 heterocycles. The van der Waals surface area contributed by atoms with E-state index in [1.165, 1.54) is 11.3 Å². The summed E-state index contributed by atoms with van der Waals surface area (Å²) in [6.07, 6.45) is 1.82. The first-order chi connectivity index (χ1) is 22.7.